The highest BCUT2D eigenvalue weighted by molar-refractivity contribution is 5.98. The van der Waals surface area contributed by atoms with Crippen LogP contribution in [0.3, 0.4) is 0 Å². The van der Waals surface area contributed by atoms with Crippen LogP contribution < -0.4 is 11.1 Å². The number of oxazole rings is 1. The molecule has 0 aliphatic carbocycles. The lowest BCUT2D eigenvalue weighted by molar-refractivity contribution is -0.153. The van der Waals surface area contributed by atoms with Crippen LogP contribution in [0.2, 0.25) is 0 Å². The zero-order chi connectivity index (χ0) is 17.5. The molecule has 0 radical (unpaired) electrons. The number of aromatic nitrogens is 1. The van der Waals surface area contributed by atoms with Crippen LogP contribution in [0.5, 0.6) is 0 Å². The van der Waals surface area contributed by atoms with Crippen LogP contribution in [-0.2, 0) is 16.6 Å². The van der Waals surface area contributed by atoms with Crippen molar-refractivity contribution in [3.05, 3.63) is 34.3 Å². The molecule has 8 nitrogen and oxygen atoms in total. The predicted octanol–water partition coefficient (Wildman–Crippen LogP) is 0.109. The van der Waals surface area contributed by atoms with Crippen LogP contribution in [0.4, 0.5) is 0 Å². The Bertz CT molecular complexity index is 868. The lowest BCUT2D eigenvalue weighted by atomic mass is 10.0. The molecule has 1 aliphatic heterocycles. The first-order valence-electron chi connectivity index (χ1n) is 7.61. The fourth-order valence-electron chi connectivity index (χ4n) is 2.89. The highest BCUT2D eigenvalue weighted by Crippen LogP contribution is 2.21. The zero-order valence-electron chi connectivity index (χ0n) is 13.8. The summed E-state index contributed by atoms with van der Waals surface area (Å²) in [5.74, 6) is -0.968. The van der Waals surface area contributed by atoms with Gasteiger partial charge in [-0.1, -0.05) is 0 Å². The lowest BCUT2D eigenvalue weighted by Gasteiger charge is -2.39. The molecule has 8 heteroatoms. The fraction of sp³-hybridized carbons (Fsp3) is 0.438. The van der Waals surface area contributed by atoms with Crippen LogP contribution >= 0.6 is 0 Å². The summed E-state index contributed by atoms with van der Waals surface area (Å²) < 4.78 is 12.0. The molecule has 128 valence electrons. The molecule has 1 N–H and O–H groups in total. The Hall–Kier alpha value is -2.61. The maximum Gasteiger partial charge on any atom is 0.419 e. The molecule has 0 bridgehead atoms. The van der Waals surface area contributed by atoms with Gasteiger partial charge in [0.15, 0.2) is 11.2 Å². The largest absolute Gasteiger partial charge is 0.419 e. The lowest BCUT2D eigenvalue weighted by Crippen LogP contribution is -2.58. The SMILES string of the molecule is CNC(=O)[C@]1(C)CN(C(=O)c2ccc3oc(=O)n(C)c3c2)CCO1. The molecular formula is C16H19N3O5. The molecule has 24 heavy (non-hydrogen) atoms. The smallest absolute Gasteiger partial charge is 0.408 e. The van der Waals surface area contributed by atoms with Crippen molar-refractivity contribution >= 4 is 22.9 Å². The number of amides is 2. The number of fused-ring (bicyclic) bond motifs is 1. The topological polar surface area (TPSA) is 93.8 Å². The van der Waals surface area contributed by atoms with Crippen molar-refractivity contribution in [2.75, 3.05) is 26.7 Å². The van der Waals surface area contributed by atoms with Crippen LogP contribution in [0.15, 0.2) is 27.4 Å². The first kappa shape index (κ1) is 16.3. The molecule has 3 rings (SSSR count). The van der Waals surface area contributed by atoms with Gasteiger partial charge in [-0.25, -0.2) is 4.79 Å². The number of benzene rings is 1. The number of morpholine rings is 1. The van der Waals surface area contributed by atoms with Crippen molar-refractivity contribution in [2.45, 2.75) is 12.5 Å². The van der Waals surface area contributed by atoms with E-state index in [0.717, 1.165) is 0 Å². The number of nitrogens with one attached hydrogen (secondary N) is 1. The van der Waals surface area contributed by atoms with E-state index in [9.17, 15) is 14.4 Å². The number of ether oxygens (including phenoxy) is 1. The Morgan fingerprint density at radius 2 is 2.08 bits per heavy atom. The third-order valence-electron chi connectivity index (χ3n) is 4.31. The van der Waals surface area contributed by atoms with Gasteiger partial charge < -0.3 is 19.4 Å². The van der Waals surface area contributed by atoms with Gasteiger partial charge >= 0.3 is 5.76 Å². The Balaban J connectivity index is 1.90. The highest BCUT2D eigenvalue weighted by Gasteiger charge is 2.40. The molecule has 2 amide bonds. The second kappa shape index (κ2) is 5.79. The standard InChI is InChI=1S/C16H19N3O5/c1-16(14(21)17-2)9-19(6-7-23-16)13(20)10-4-5-12-11(8-10)18(3)15(22)24-12/h4-5,8H,6-7,9H2,1-3H3,(H,17,21)/t16-/m0/s1. The average Bonchev–Trinajstić information content (AvgIpc) is 2.87. The number of carbonyl (C=O) groups excluding carboxylic acids is 2. The van der Waals surface area contributed by atoms with Gasteiger partial charge in [-0.3, -0.25) is 14.2 Å². The Labute approximate surface area is 138 Å². The predicted molar refractivity (Wildman–Crippen MR) is 85.8 cm³/mol. The van der Waals surface area contributed by atoms with Gasteiger partial charge in [0.05, 0.1) is 18.7 Å². The summed E-state index contributed by atoms with van der Waals surface area (Å²) in [6, 6.07) is 4.83. The first-order chi connectivity index (χ1) is 11.4. The van der Waals surface area contributed by atoms with Crippen molar-refractivity contribution in [3.8, 4) is 0 Å². The van der Waals surface area contributed by atoms with Gasteiger partial charge in [0.25, 0.3) is 11.8 Å². The molecule has 1 aromatic carbocycles. The maximum absolute atomic E-state index is 12.8. The molecule has 1 fully saturated rings. The number of aryl methyl sites for hydroxylation is 1. The maximum atomic E-state index is 12.8. The van der Waals surface area contributed by atoms with Gasteiger partial charge in [0.1, 0.15) is 0 Å². The van der Waals surface area contributed by atoms with E-state index in [1.165, 1.54) is 11.6 Å². The second-order valence-corrected chi connectivity index (χ2v) is 5.99. The molecule has 1 saturated heterocycles. The molecule has 2 aromatic rings. The van der Waals surface area contributed by atoms with Crippen LogP contribution in [0.1, 0.15) is 17.3 Å². The van der Waals surface area contributed by atoms with Crippen molar-refractivity contribution < 1.29 is 18.7 Å². The van der Waals surface area contributed by atoms with Gasteiger partial charge in [-0.15, -0.1) is 0 Å². The van der Waals surface area contributed by atoms with Crippen molar-refractivity contribution in [1.82, 2.24) is 14.8 Å². The van der Waals surface area contributed by atoms with E-state index >= 15 is 0 Å². The van der Waals surface area contributed by atoms with Crippen LogP contribution in [0, 0.1) is 0 Å². The molecule has 0 unspecified atom stereocenters. The third kappa shape index (κ3) is 2.58. The van der Waals surface area contributed by atoms with E-state index in [1.54, 1.807) is 37.1 Å². The van der Waals surface area contributed by atoms with Crippen molar-refractivity contribution in [3.63, 3.8) is 0 Å². The van der Waals surface area contributed by atoms with Gasteiger partial charge in [-0.05, 0) is 25.1 Å². The molecule has 1 aromatic heterocycles. The molecular weight excluding hydrogens is 314 g/mol. The van der Waals surface area contributed by atoms with Gasteiger partial charge in [0, 0.05) is 26.2 Å². The number of hydrogen-bond donors (Lipinski definition) is 1. The molecule has 1 atom stereocenters. The molecule has 2 heterocycles. The first-order valence-corrected chi connectivity index (χ1v) is 7.61. The quantitative estimate of drug-likeness (QED) is 0.842. The summed E-state index contributed by atoms with van der Waals surface area (Å²) in [4.78, 5) is 37.9. The zero-order valence-corrected chi connectivity index (χ0v) is 13.8. The van der Waals surface area contributed by atoms with Gasteiger partial charge in [-0.2, -0.15) is 0 Å². The van der Waals surface area contributed by atoms with Crippen LogP contribution in [0.25, 0.3) is 11.1 Å². The number of hydrogen-bond acceptors (Lipinski definition) is 5. The van der Waals surface area contributed by atoms with E-state index in [1.807, 2.05) is 0 Å². The summed E-state index contributed by atoms with van der Waals surface area (Å²) in [7, 11) is 3.12. The minimum Gasteiger partial charge on any atom is -0.408 e. The fourth-order valence-corrected chi connectivity index (χ4v) is 2.89. The monoisotopic (exact) mass is 333 g/mol. The summed E-state index contributed by atoms with van der Waals surface area (Å²) >= 11 is 0. The minimum atomic E-state index is -1.07. The van der Waals surface area contributed by atoms with Gasteiger partial charge in [0.2, 0.25) is 0 Å². The average molecular weight is 333 g/mol. The summed E-state index contributed by atoms with van der Waals surface area (Å²) in [6.07, 6.45) is 0. The third-order valence-corrected chi connectivity index (χ3v) is 4.31. The highest BCUT2D eigenvalue weighted by atomic mass is 16.5. The molecule has 0 saturated carbocycles. The van der Waals surface area contributed by atoms with Crippen molar-refractivity contribution in [2.24, 2.45) is 7.05 Å². The van der Waals surface area contributed by atoms with E-state index in [-0.39, 0.29) is 25.0 Å². The van der Waals surface area contributed by atoms with E-state index in [0.29, 0.717) is 23.2 Å². The van der Waals surface area contributed by atoms with E-state index in [4.69, 9.17) is 9.15 Å². The molecule has 0 spiro atoms. The summed E-state index contributed by atoms with van der Waals surface area (Å²) in [5.41, 5.74) is 0.333. The summed E-state index contributed by atoms with van der Waals surface area (Å²) in [5, 5.41) is 2.56. The van der Waals surface area contributed by atoms with E-state index in [2.05, 4.69) is 5.32 Å². The Kier molecular flexibility index (Phi) is 3.92. The Morgan fingerprint density at radius 1 is 1.33 bits per heavy atom. The van der Waals surface area contributed by atoms with Crippen molar-refractivity contribution in [1.29, 1.82) is 0 Å². The number of rotatable bonds is 2. The van der Waals surface area contributed by atoms with E-state index < -0.39 is 11.4 Å². The minimum absolute atomic E-state index is 0.161. The number of likely N-dealkylation sites (N-methyl/N-ethyl adjacent to an activating group) is 1. The number of carbonyl (C=O) groups is 2. The second-order valence-electron chi connectivity index (χ2n) is 5.99. The number of nitrogens with zero attached hydrogens (tertiary/aromatic N) is 2. The Morgan fingerprint density at radius 3 is 2.79 bits per heavy atom. The summed E-state index contributed by atoms with van der Waals surface area (Å²) in [6.45, 7) is 2.50. The normalized spacial score (nSPS) is 21.0. The van der Waals surface area contributed by atoms with Crippen LogP contribution in [-0.4, -0.2) is 53.6 Å². The molecule has 1 aliphatic rings.